The average Bonchev–Trinajstić information content (AvgIpc) is 3.19. The number of rotatable bonds is 8. The smallest absolute Gasteiger partial charge is 0.295 e. The van der Waals surface area contributed by atoms with E-state index >= 15 is 0 Å². The molecule has 0 bridgehead atoms. The summed E-state index contributed by atoms with van der Waals surface area (Å²) in [5.74, 6) is -0.0160. The van der Waals surface area contributed by atoms with E-state index in [9.17, 15) is 14.0 Å². The van der Waals surface area contributed by atoms with Crippen LogP contribution in [0.25, 0.3) is 11.0 Å². The summed E-state index contributed by atoms with van der Waals surface area (Å²) in [5.41, 5.74) is 1.06. The highest BCUT2D eigenvalue weighted by atomic mass is 79.9. The third-order valence-corrected chi connectivity index (χ3v) is 6.92. The van der Waals surface area contributed by atoms with Crippen LogP contribution in [0.3, 0.4) is 0 Å². The average molecular weight is 566 g/mol. The number of amides is 1. The van der Waals surface area contributed by atoms with E-state index in [1.54, 1.807) is 31.4 Å². The first-order valence-electron chi connectivity index (χ1n) is 12.1. The van der Waals surface area contributed by atoms with E-state index in [-0.39, 0.29) is 22.3 Å². The van der Waals surface area contributed by atoms with Crippen LogP contribution in [0.5, 0.6) is 11.5 Å². The molecule has 6 nitrogen and oxygen atoms in total. The van der Waals surface area contributed by atoms with Crippen molar-refractivity contribution in [2.45, 2.75) is 32.2 Å². The lowest BCUT2D eigenvalue weighted by atomic mass is 9.97. The number of halogens is 2. The first-order chi connectivity index (χ1) is 17.9. The number of methoxy groups -OCH3 is 1. The molecule has 1 atom stereocenters. The fourth-order valence-corrected chi connectivity index (χ4v) is 5.05. The van der Waals surface area contributed by atoms with Gasteiger partial charge in [0.05, 0.1) is 30.7 Å². The Morgan fingerprint density at radius 3 is 2.62 bits per heavy atom. The summed E-state index contributed by atoms with van der Waals surface area (Å²) in [4.78, 5) is 28.9. The molecular formula is C29H25BrFNO5. The van der Waals surface area contributed by atoms with Gasteiger partial charge in [-0.05, 0) is 60.5 Å². The van der Waals surface area contributed by atoms with Gasteiger partial charge in [0.15, 0.2) is 16.9 Å². The van der Waals surface area contributed by atoms with Crippen LogP contribution in [0.15, 0.2) is 74.3 Å². The summed E-state index contributed by atoms with van der Waals surface area (Å²) in [6.07, 6.45) is 3.07. The standard InChI is InChI=1S/C29H25BrFNO5/c1-3-4-5-13-36-23-11-9-17(14-24(23)35-2)26-25-27(33)21-16-19(31)10-12-22(21)37-28(25)29(34)32(26)20-8-6-7-18(30)15-20/h6-12,14-16,26H,3-5,13H2,1-2H3. The lowest BCUT2D eigenvalue weighted by Gasteiger charge is -2.26. The van der Waals surface area contributed by atoms with Crippen molar-refractivity contribution in [1.82, 2.24) is 0 Å². The molecule has 5 rings (SSSR count). The highest BCUT2D eigenvalue weighted by Gasteiger charge is 2.44. The van der Waals surface area contributed by atoms with Crippen molar-refractivity contribution in [3.05, 3.63) is 98.1 Å². The van der Waals surface area contributed by atoms with Gasteiger partial charge in [0.2, 0.25) is 5.76 Å². The van der Waals surface area contributed by atoms with Crippen LogP contribution in [0, 0.1) is 5.82 Å². The minimum atomic E-state index is -0.816. The maximum absolute atomic E-state index is 14.1. The SMILES string of the molecule is CCCCCOc1ccc(C2c3c(oc4ccc(F)cc4c3=O)C(=O)N2c2cccc(Br)c2)cc1OC. The van der Waals surface area contributed by atoms with Crippen LogP contribution < -0.4 is 19.8 Å². The number of nitrogens with zero attached hydrogens (tertiary/aromatic N) is 1. The van der Waals surface area contributed by atoms with Crippen molar-refractivity contribution in [2.75, 3.05) is 18.6 Å². The Morgan fingerprint density at radius 2 is 1.86 bits per heavy atom. The molecule has 1 unspecified atom stereocenters. The molecule has 2 heterocycles. The quantitative estimate of drug-likeness (QED) is 0.215. The fraction of sp³-hybridized carbons (Fsp3) is 0.241. The van der Waals surface area contributed by atoms with Gasteiger partial charge in [0.1, 0.15) is 11.4 Å². The van der Waals surface area contributed by atoms with Crippen molar-refractivity contribution in [1.29, 1.82) is 0 Å². The summed E-state index contributed by atoms with van der Waals surface area (Å²) in [6.45, 7) is 2.68. The lowest BCUT2D eigenvalue weighted by Crippen LogP contribution is -2.29. The fourth-order valence-electron chi connectivity index (χ4n) is 4.66. The van der Waals surface area contributed by atoms with Crippen molar-refractivity contribution in [2.24, 2.45) is 0 Å². The third kappa shape index (κ3) is 4.62. The molecule has 4 aromatic rings. The molecule has 8 heteroatoms. The molecule has 0 N–H and O–H groups in total. The molecule has 0 radical (unpaired) electrons. The van der Waals surface area contributed by atoms with Gasteiger partial charge in [-0.1, -0.05) is 47.8 Å². The van der Waals surface area contributed by atoms with E-state index in [0.29, 0.717) is 29.4 Å². The Labute approximate surface area is 221 Å². The van der Waals surface area contributed by atoms with E-state index in [4.69, 9.17) is 13.9 Å². The highest BCUT2D eigenvalue weighted by Crippen LogP contribution is 2.43. The largest absolute Gasteiger partial charge is 0.493 e. The minimum absolute atomic E-state index is 0.0621. The summed E-state index contributed by atoms with van der Waals surface area (Å²) in [6, 6.07) is 15.5. The first-order valence-corrected chi connectivity index (χ1v) is 12.9. The van der Waals surface area contributed by atoms with E-state index < -0.39 is 23.2 Å². The maximum atomic E-state index is 14.1. The Balaban J connectivity index is 1.68. The molecule has 3 aromatic carbocycles. The Hall–Kier alpha value is -3.65. The number of unbranched alkanes of at least 4 members (excludes halogenated alkanes) is 2. The third-order valence-electron chi connectivity index (χ3n) is 6.43. The molecule has 0 saturated carbocycles. The second-order valence-electron chi connectivity index (χ2n) is 8.84. The van der Waals surface area contributed by atoms with Crippen LogP contribution in [-0.4, -0.2) is 19.6 Å². The molecule has 0 spiro atoms. The predicted octanol–water partition coefficient (Wildman–Crippen LogP) is 7.02. The summed E-state index contributed by atoms with van der Waals surface area (Å²) < 4.78 is 32.3. The lowest BCUT2D eigenvalue weighted by molar-refractivity contribution is 0.0971. The number of ether oxygens (including phenoxy) is 2. The monoisotopic (exact) mass is 565 g/mol. The maximum Gasteiger partial charge on any atom is 0.295 e. The Morgan fingerprint density at radius 1 is 1.03 bits per heavy atom. The molecule has 0 aliphatic carbocycles. The Bertz CT molecular complexity index is 1550. The van der Waals surface area contributed by atoms with E-state index in [2.05, 4.69) is 22.9 Å². The molecule has 1 aromatic heterocycles. The van der Waals surface area contributed by atoms with Crippen LogP contribution in [0.1, 0.15) is 53.9 Å². The van der Waals surface area contributed by atoms with Crippen LogP contribution >= 0.6 is 15.9 Å². The van der Waals surface area contributed by atoms with Crippen molar-refractivity contribution in [3.63, 3.8) is 0 Å². The van der Waals surface area contributed by atoms with Gasteiger partial charge in [-0.15, -0.1) is 0 Å². The van der Waals surface area contributed by atoms with Crippen molar-refractivity contribution >= 4 is 38.5 Å². The molecule has 37 heavy (non-hydrogen) atoms. The molecule has 190 valence electrons. The van der Waals surface area contributed by atoms with Gasteiger partial charge < -0.3 is 13.9 Å². The molecule has 0 saturated heterocycles. The van der Waals surface area contributed by atoms with Gasteiger partial charge in [0, 0.05) is 10.2 Å². The molecular weight excluding hydrogens is 541 g/mol. The van der Waals surface area contributed by atoms with Gasteiger partial charge in [-0.3, -0.25) is 14.5 Å². The highest BCUT2D eigenvalue weighted by molar-refractivity contribution is 9.10. The second-order valence-corrected chi connectivity index (χ2v) is 9.75. The summed E-state index contributed by atoms with van der Waals surface area (Å²) in [5, 5.41) is 0.0792. The zero-order valence-electron chi connectivity index (χ0n) is 20.4. The van der Waals surface area contributed by atoms with Gasteiger partial charge >= 0.3 is 0 Å². The summed E-state index contributed by atoms with van der Waals surface area (Å²) >= 11 is 3.46. The molecule has 0 fully saturated rings. The van der Waals surface area contributed by atoms with E-state index in [1.165, 1.54) is 17.0 Å². The zero-order chi connectivity index (χ0) is 26.1. The zero-order valence-corrected chi connectivity index (χ0v) is 22.0. The first kappa shape index (κ1) is 25.0. The van der Waals surface area contributed by atoms with Gasteiger partial charge in [-0.2, -0.15) is 0 Å². The van der Waals surface area contributed by atoms with Gasteiger partial charge in [-0.25, -0.2) is 4.39 Å². The Kier molecular flexibility index (Phi) is 7.02. The number of benzene rings is 3. The van der Waals surface area contributed by atoms with Crippen LogP contribution in [-0.2, 0) is 0 Å². The topological polar surface area (TPSA) is 69.0 Å². The number of carbonyl (C=O) groups is 1. The number of hydrogen-bond acceptors (Lipinski definition) is 5. The normalized spacial score (nSPS) is 14.8. The number of anilines is 1. The van der Waals surface area contributed by atoms with E-state index in [0.717, 1.165) is 29.8 Å². The van der Waals surface area contributed by atoms with Crippen molar-refractivity contribution < 1.29 is 23.1 Å². The molecule has 1 aliphatic heterocycles. The minimum Gasteiger partial charge on any atom is -0.493 e. The number of fused-ring (bicyclic) bond motifs is 2. The number of hydrogen-bond donors (Lipinski definition) is 0. The van der Waals surface area contributed by atoms with Crippen molar-refractivity contribution in [3.8, 4) is 11.5 Å². The second kappa shape index (κ2) is 10.4. The van der Waals surface area contributed by atoms with Crippen LogP contribution in [0.2, 0.25) is 0 Å². The van der Waals surface area contributed by atoms with Crippen LogP contribution in [0.4, 0.5) is 10.1 Å². The predicted molar refractivity (Wildman–Crippen MR) is 143 cm³/mol. The summed E-state index contributed by atoms with van der Waals surface area (Å²) in [7, 11) is 1.54. The number of carbonyl (C=O) groups excluding carboxylic acids is 1. The molecule has 1 amide bonds. The molecule has 1 aliphatic rings. The van der Waals surface area contributed by atoms with Gasteiger partial charge in [0.25, 0.3) is 5.91 Å². The van der Waals surface area contributed by atoms with E-state index in [1.807, 2.05) is 18.2 Å².